The van der Waals surface area contributed by atoms with E-state index in [1.54, 1.807) is 31.0 Å². The lowest BCUT2D eigenvalue weighted by molar-refractivity contribution is 0.102. The van der Waals surface area contributed by atoms with Crippen molar-refractivity contribution in [1.82, 2.24) is 14.6 Å². The summed E-state index contributed by atoms with van der Waals surface area (Å²) >= 11 is 1.34. The maximum Gasteiger partial charge on any atom is 0.294 e. The molecule has 1 amide bonds. The number of benzene rings is 3. The number of hydrogen-bond donors (Lipinski definition) is 1. The first kappa shape index (κ1) is 26.2. The summed E-state index contributed by atoms with van der Waals surface area (Å²) in [5, 5.41) is 8.63. The molecule has 0 fully saturated rings. The third-order valence-corrected chi connectivity index (χ3v) is 7.35. The van der Waals surface area contributed by atoms with Crippen LogP contribution in [0, 0.1) is 0 Å². The maximum atomic E-state index is 12.9. The van der Waals surface area contributed by atoms with Gasteiger partial charge in [0.1, 0.15) is 29.4 Å². The number of imidazole rings is 1. The number of carbonyl (C=O) groups excluding carboxylic acids is 1. The topological polar surface area (TPSA) is 103 Å². The third kappa shape index (κ3) is 5.39. The Morgan fingerprint density at radius 3 is 2.68 bits per heavy atom. The van der Waals surface area contributed by atoms with Crippen LogP contribution in [-0.4, -0.2) is 48.8 Å². The van der Waals surface area contributed by atoms with Gasteiger partial charge < -0.3 is 28.8 Å². The highest BCUT2D eigenvalue weighted by Crippen LogP contribution is 2.37. The average Bonchev–Trinajstić information content (AvgIpc) is 3.69. The molecule has 3 aromatic carbocycles. The number of nitrogens with one attached hydrogen (secondary N) is 1. The number of ether oxygens (including phenoxy) is 3. The fraction of sp³-hybridized carbons (Fsp3) is 0.167. The summed E-state index contributed by atoms with van der Waals surface area (Å²) in [6.07, 6.45) is 1.79. The number of amides is 1. The molecule has 0 saturated heterocycles. The summed E-state index contributed by atoms with van der Waals surface area (Å²) in [6, 6.07) is 20.6. The molecule has 208 valence electrons. The summed E-state index contributed by atoms with van der Waals surface area (Å²) in [5.41, 5.74) is 4.36. The Balaban J connectivity index is 1.21. The van der Waals surface area contributed by atoms with E-state index < -0.39 is 0 Å². The van der Waals surface area contributed by atoms with Crippen LogP contribution in [0.1, 0.15) is 15.9 Å². The van der Waals surface area contributed by atoms with Gasteiger partial charge in [0.2, 0.25) is 4.96 Å². The second-order valence-electron chi connectivity index (χ2n) is 9.46. The van der Waals surface area contributed by atoms with Gasteiger partial charge >= 0.3 is 0 Å². The molecule has 3 aromatic heterocycles. The lowest BCUT2D eigenvalue weighted by Gasteiger charge is -2.14. The van der Waals surface area contributed by atoms with Crippen LogP contribution in [0.15, 0.2) is 77.3 Å². The molecular weight excluding hydrogens is 542 g/mol. The van der Waals surface area contributed by atoms with Gasteiger partial charge in [0.25, 0.3) is 11.1 Å². The van der Waals surface area contributed by atoms with E-state index in [4.69, 9.17) is 18.6 Å². The molecule has 0 atom stereocenters. The molecule has 0 unspecified atom stereocenters. The van der Waals surface area contributed by atoms with E-state index in [9.17, 15) is 4.79 Å². The number of carbonyl (C=O) groups is 1. The molecule has 6 rings (SSSR count). The Kier molecular flexibility index (Phi) is 6.94. The summed E-state index contributed by atoms with van der Waals surface area (Å²) in [6.45, 7) is 0.270. The molecule has 0 aliphatic heterocycles. The largest absolute Gasteiger partial charge is 0.496 e. The van der Waals surface area contributed by atoms with Gasteiger partial charge in [-0.05, 0) is 53.3 Å². The zero-order valence-corrected chi connectivity index (χ0v) is 23.7. The van der Waals surface area contributed by atoms with Crippen LogP contribution < -0.4 is 24.4 Å². The van der Waals surface area contributed by atoms with E-state index >= 15 is 0 Å². The van der Waals surface area contributed by atoms with Crippen molar-refractivity contribution in [3.8, 4) is 28.1 Å². The molecule has 3 heterocycles. The van der Waals surface area contributed by atoms with Crippen molar-refractivity contribution in [2.24, 2.45) is 0 Å². The number of furan rings is 1. The monoisotopic (exact) mass is 569 g/mol. The van der Waals surface area contributed by atoms with Crippen LogP contribution in [-0.2, 0) is 6.61 Å². The molecule has 11 heteroatoms. The van der Waals surface area contributed by atoms with E-state index in [0.29, 0.717) is 49.9 Å². The molecule has 1 N–H and O–H groups in total. The second kappa shape index (κ2) is 10.9. The van der Waals surface area contributed by atoms with Crippen molar-refractivity contribution in [3.05, 3.63) is 84.1 Å². The highest BCUT2D eigenvalue weighted by atomic mass is 32.1. The number of methoxy groups -OCH3 is 2. The fourth-order valence-corrected chi connectivity index (χ4v) is 5.06. The average molecular weight is 570 g/mol. The van der Waals surface area contributed by atoms with E-state index in [2.05, 4.69) is 15.4 Å². The quantitative estimate of drug-likeness (QED) is 0.222. The zero-order valence-electron chi connectivity index (χ0n) is 22.9. The van der Waals surface area contributed by atoms with Crippen molar-refractivity contribution in [1.29, 1.82) is 0 Å². The van der Waals surface area contributed by atoms with Crippen LogP contribution in [0.25, 0.3) is 27.4 Å². The van der Waals surface area contributed by atoms with Crippen molar-refractivity contribution in [3.63, 3.8) is 0 Å². The maximum absolute atomic E-state index is 12.9. The minimum absolute atomic E-state index is 0.181. The van der Waals surface area contributed by atoms with E-state index in [0.717, 1.165) is 16.6 Å². The lowest BCUT2D eigenvalue weighted by Crippen LogP contribution is -2.14. The number of rotatable bonds is 9. The van der Waals surface area contributed by atoms with Gasteiger partial charge in [-0.3, -0.25) is 4.79 Å². The molecule has 0 aliphatic rings. The van der Waals surface area contributed by atoms with Gasteiger partial charge in [-0.1, -0.05) is 18.2 Å². The van der Waals surface area contributed by atoms with Crippen molar-refractivity contribution >= 4 is 44.5 Å². The van der Waals surface area contributed by atoms with Crippen LogP contribution >= 0.6 is 11.3 Å². The Bertz CT molecular complexity index is 1840. The number of aromatic nitrogens is 3. The van der Waals surface area contributed by atoms with Crippen LogP contribution in [0.5, 0.6) is 16.7 Å². The number of anilines is 2. The van der Waals surface area contributed by atoms with Gasteiger partial charge in [0.15, 0.2) is 5.76 Å². The highest BCUT2D eigenvalue weighted by Gasteiger charge is 2.17. The van der Waals surface area contributed by atoms with Gasteiger partial charge in [0.05, 0.1) is 25.8 Å². The van der Waals surface area contributed by atoms with E-state index in [-0.39, 0.29) is 12.5 Å². The second-order valence-corrected chi connectivity index (χ2v) is 10.4. The number of hydrogen-bond acceptors (Lipinski definition) is 9. The van der Waals surface area contributed by atoms with Crippen LogP contribution in [0.2, 0.25) is 0 Å². The molecule has 0 spiro atoms. The first-order valence-electron chi connectivity index (χ1n) is 12.7. The van der Waals surface area contributed by atoms with E-state index in [1.165, 1.54) is 11.3 Å². The molecule has 0 saturated carbocycles. The summed E-state index contributed by atoms with van der Waals surface area (Å²) < 4.78 is 24.7. The lowest BCUT2D eigenvalue weighted by atomic mass is 10.1. The van der Waals surface area contributed by atoms with Gasteiger partial charge in [-0.15, -0.1) is 5.10 Å². The predicted molar refractivity (Wildman–Crippen MR) is 159 cm³/mol. The summed E-state index contributed by atoms with van der Waals surface area (Å²) in [5.74, 6) is 1.61. The molecule has 0 radical (unpaired) electrons. The molecule has 0 bridgehead atoms. The minimum atomic E-state index is -0.181. The molecular formula is C30H27N5O5S. The Morgan fingerprint density at radius 1 is 1.05 bits per heavy atom. The first-order chi connectivity index (χ1) is 19.9. The van der Waals surface area contributed by atoms with Gasteiger partial charge in [-0.2, -0.15) is 0 Å². The number of nitrogens with zero attached hydrogens (tertiary/aromatic N) is 4. The molecule has 10 nitrogen and oxygen atoms in total. The SMILES string of the molecule is COc1cc(OCc2cccc(NC(=O)c3cccc(N(C)C)c3)c2)c2cc(-c3cn4nc(OC)sc4n3)oc2c1. The molecule has 6 aromatic rings. The summed E-state index contributed by atoms with van der Waals surface area (Å²) in [4.78, 5) is 20.2. The van der Waals surface area contributed by atoms with Gasteiger partial charge in [0, 0.05) is 43.2 Å². The normalized spacial score (nSPS) is 11.1. The highest BCUT2D eigenvalue weighted by molar-refractivity contribution is 7.18. The Hall–Kier alpha value is -5.03. The number of fused-ring (bicyclic) bond motifs is 2. The van der Waals surface area contributed by atoms with Crippen molar-refractivity contribution in [2.45, 2.75) is 6.61 Å². The Morgan fingerprint density at radius 2 is 1.90 bits per heavy atom. The molecule has 0 aliphatic carbocycles. The zero-order chi connectivity index (χ0) is 28.5. The van der Waals surface area contributed by atoms with E-state index in [1.807, 2.05) is 79.7 Å². The van der Waals surface area contributed by atoms with Gasteiger partial charge in [-0.25, -0.2) is 9.50 Å². The predicted octanol–water partition coefficient (Wildman–Crippen LogP) is 6.12. The van der Waals surface area contributed by atoms with Crippen molar-refractivity contribution in [2.75, 3.05) is 38.5 Å². The summed E-state index contributed by atoms with van der Waals surface area (Å²) in [7, 11) is 7.05. The van der Waals surface area contributed by atoms with Crippen molar-refractivity contribution < 1.29 is 23.4 Å². The standard InChI is InChI=1S/C30H27N5O5S/c1-34(2)21-10-6-8-19(12-21)28(36)31-20-9-5-7-18(11-20)17-39-25-13-22(37-3)14-26-23(25)15-27(40-26)24-16-35-29(32-24)41-30(33-35)38-4/h5-16H,17H2,1-4H3,(H,31,36). The van der Waals surface area contributed by atoms with Crippen LogP contribution in [0.3, 0.4) is 0 Å². The smallest absolute Gasteiger partial charge is 0.294 e. The molecule has 41 heavy (non-hydrogen) atoms. The van der Waals surface area contributed by atoms with Crippen LogP contribution in [0.4, 0.5) is 11.4 Å². The fourth-order valence-electron chi connectivity index (χ4n) is 4.36. The third-order valence-electron chi connectivity index (χ3n) is 6.46. The Labute approximate surface area is 239 Å². The first-order valence-corrected chi connectivity index (χ1v) is 13.5. The minimum Gasteiger partial charge on any atom is -0.496 e.